The lowest BCUT2D eigenvalue weighted by atomic mass is 9.92. The highest BCUT2D eigenvalue weighted by Gasteiger charge is 2.32. The number of ether oxygens (including phenoxy) is 2. The first-order valence-electron chi connectivity index (χ1n) is 8.90. The number of likely N-dealkylation sites (N-methyl/N-ethyl adjacent to an activating group) is 1. The highest BCUT2D eigenvalue weighted by Crippen LogP contribution is 2.32. The molecule has 1 aromatic rings. The minimum Gasteiger partial charge on any atom is -0.454 e. The SMILES string of the molecule is CN(CC(=O)NC1(C#N)CCCCCC1)Cc1ccc2c(c1)OCO2. The van der Waals surface area contributed by atoms with Gasteiger partial charge in [-0.2, -0.15) is 5.26 Å². The van der Waals surface area contributed by atoms with Gasteiger partial charge in [-0.25, -0.2) is 0 Å². The van der Waals surface area contributed by atoms with Crippen LogP contribution in [0.2, 0.25) is 0 Å². The van der Waals surface area contributed by atoms with Crippen molar-refractivity contribution in [3.63, 3.8) is 0 Å². The monoisotopic (exact) mass is 343 g/mol. The number of carbonyl (C=O) groups is 1. The van der Waals surface area contributed by atoms with Gasteiger partial charge in [-0.05, 0) is 37.6 Å². The zero-order valence-corrected chi connectivity index (χ0v) is 14.7. The van der Waals surface area contributed by atoms with Gasteiger partial charge in [0.05, 0.1) is 12.6 Å². The van der Waals surface area contributed by atoms with Crippen molar-refractivity contribution >= 4 is 5.91 Å². The minimum atomic E-state index is -0.687. The predicted octanol–water partition coefficient (Wildman–Crippen LogP) is 2.58. The summed E-state index contributed by atoms with van der Waals surface area (Å²) < 4.78 is 10.7. The Labute approximate surface area is 148 Å². The summed E-state index contributed by atoms with van der Waals surface area (Å²) in [7, 11) is 1.90. The van der Waals surface area contributed by atoms with E-state index in [-0.39, 0.29) is 19.2 Å². The molecule has 0 radical (unpaired) electrons. The number of hydrogen-bond donors (Lipinski definition) is 1. The molecular formula is C19H25N3O3. The van der Waals surface area contributed by atoms with Gasteiger partial charge in [0.15, 0.2) is 11.5 Å². The normalized spacial score (nSPS) is 18.4. The van der Waals surface area contributed by atoms with E-state index in [0.717, 1.165) is 55.6 Å². The number of hydrogen-bond acceptors (Lipinski definition) is 5. The molecule has 0 spiro atoms. The topological polar surface area (TPSA) is 74.6 Å². The van der Waals surface area contributed by atoms with Gasteiger partial charge in [0.2, 0.25) is 12.7 Å². The maximum atomic E-state index is 12.4. The summed E-state index contributed by atoms with van der Waals surface area (Å²) >= 11 is 0. The van der Waals surface area contributed by atoms with Crippen molar-refractivity contribution in [1.82, 2.24) is 10.2 Å². The van der Waals surface area contributed by atoms with E-state index in [1.54, 1.807) is 0 Å². The molecule has 0 atom stereocenters. The Morgan fingerprint density at radius 1 is 1.24 bits per heavy atom. The zero-order chi connectivity index (χ0) is 17.7. The number of nitrogens with one attached hydrogen (secondary N) is 1. The van der Waals surface area contributed by atoms with E-state index in [1.807, 2.05) is 30.1 Å². The Kier molecular flexibility index (Phi) is 5.44. The van der Waals surface area contributed by atoms with Crippen molar-refractivity contribution in [3.8, 4) is 17.6 Å². The first kappa shape index (κ1) is 17.6. The van der Waals surface area contributed by atoms with Crippen LogP contribution in [0.1, 0.15) is 44.1 Å². The summed E-state index contributed by atoms with van der Waals surface area (Å²) in [6.45, 7) is 1.15. The first-order valence-corrected chi connectivity index (χ1v) is 8.90. The second-order valence-corrected chi connectivity index (χ2v) is 7.02. The highest BCUT2D eigenvalue weighted by molar-refractivity contribution is 5.79. The molecule has 1 saturated carbocycles. The van der Waals surface area contributed by atoms with Crippen molar-refractivity contribution in [2.75, 3.05) is 20.4 Å². The van der Waals surface area contributed by atoms with Crippen LogP contribution >= 0.6 is 0 Å². The van der Waals surface area contributed by atoms with Crippen molar-refractivity contribution in [2.24, 2.45) is 0 Å². The molecule has 1 heterocycles. The molecule has 25 heavy (non-hydrogen) atoms. The third-order valence-corrected chi connectivity index (χ3v) is 4.85. The summed E-state index contributed by atoms with van der Waals surface area (Å²) in [4.78, 5) is 14.4. The molecule has 0 aromatic heterocycles. The van der Waals surface area contributed by atoms with Crippen LogP contribution in [-0.2, 0) is 11.3 Å². The molecule has 6 heteroatoms. The Morgan fingerprint density at radius 2 is 1.96 bits per heavy atom. The molecule has 134 valence electrons. The van der Waals surface area contributed by atoms with E-state index >= 15 is 0 Å². The van der Waals surface area contributed by atoms with Crippen LogP contribution in [0.3, 0.4) is 0 Å². The molecular weight excluding hydrogens is 318 g/mol. The van der Waals surface area contributed by atoms with Gasteiger partial charge in [-0.15, -0.1) is 0 Å². The van der Waals surface area contributed by atoms with E-state index in [1.165, 1.54) is 0 Å². The second kappa shape index (κ2) is 7.75. The molecule has 0 bridgehead atoms. The zero-order valence-electron chi connectivity index (χ0n) is 14.7. The largest absolute Gasteiger partial charge is 0.454 e. The van der Waals surface area contributed by atoms with E-state index in [2.05, 4.69) is 11.4 Å². The molecule has 1 N–H and O–H groups in total. The fourth-order valence-corrected chi connectivity index (χ4v) is 3.56. The van der Waals surface area contributed by atoms with E-state index in [9.17, 15) is 10.1 Å². The Hall–Kier alpha value is -2.26. The molecule has 0 saturated heterocycles. The Balaban J connectivity index is 1.54. The number of rotatable bonds is 5. The average Bonchev–Trinajstić information content (AvgIpc) is 2.92. The van der Waals surface area contributed by atoms with E-state index in [0.29, 0.717) is 6.54 Å². The number of benzene rings is 1. The third kappa shape index (κ3) is 4.43. The number of carbonyl (C=O) groups excluding carboxylic acids is 1. The highest BCUT2D eigenvalue weighted by atomic mass is 16.7. The van der Waals surface area contributed by atoms with Crippen molar-refractivity contribution in [2.45, 2.75) is 50.6 Å². The Bertz CT molecular complexity index is 660. The summed E-state index contributed by atoms with van der Waals surface area (Å²) in [6, 6.07) is 8.17. The maximum Gasteiger partial charge on any atom is 0.235 e. The van der Waals surface area contributed by atoms with Crippen LogP contribution in [0.25, 0.3) is 0 Å². The quantitative estimate of drug-likeness (QED) is 0.832. The lowest BCUT2D eigenvalue weighted by Crippen LogP contribution is -2.49. The second-order valence-electron chi connectivity index (χ2n) is 7.02. The smallest absolute Gasteiger partial charge is 0.235 e. The molecule has 0 unspecified atom stereocenters. The van der Waals surface area contributed by atoms with Gasteiger partial charge >= 0.3 is 0 Å². The van der Waals surface area contributed by atoms with E-state index < -0.39 is 5.54 Å². The van der Waals surface area contributed by atoms with Crippen molar-refractivity contribution in [1.29, 1.82) is 5.26 Å². The molecule has 1 amide bonds. The van der Waals surface area contributed by atoms with Gasteiger partial charge in [-0.1, -0.05) is 31.7 Å². The van der Waals surface area contributed by atoms with Crippen LogP contribution in [0.15, 0.2) is 18.2 Å². The lowest BCUT2D eigenvalue weighted by molar-refractivity contribution is -0.123. The van der Waals surface area contributed by atoms with Gasteiger partial charge in [-0.3, -0.25) is 9.69 Å². The van der Waals surface area contributed by atoms with Crippen LogP contribution in [0, 0.1) is 11.3 Å². The molecule has 3 rings (SSSR count). The molecule has 1 aliphatic heterocycles. The number of amides is 1. The summed E-state index contributed by atoms with van der Waals surface area (Å²) in [5.74, 6) is 1.41. The molecule has 1 fully saturated rings. The summed E-state index contributed by atoms with van der Waals surface area (Å²) in [5, 5.41) is 12.6. The van der Waals surface area contributed by atoms with Gasteiger partial charge in [0.1, 0.15) is 5.54 Å². The van der Waals surface area contributed by atoms with Crippen LogP contribution < -0.4 is 14.8 Å². The maximum absolute atomic E-state index is 12.4. The van der Waals surface area contributed by atoms with Gasteiger partial charge < -0.3 is 14.8 Å². The fraction of sp³-hybridized carbons (Fsp3) is 0.579. The molecule has 6 nitrogen and oxygen atoms in total. The molecule has 2 aliphatic rings. The van der Waals surface area contributed by atoms with Crippen LogP contribution in [0.5, 0.6) is 11.5 Å². The van der Waals surface area contributed by atoms with Crippen LogP contribution in [-0.4, -0.2) is 36.7 Å². The fourth-order valence-electron chi connectivity index (χ4n) is 3.56. The van der Waals surface area contributed by atoms with Gasteiger partial charge in [0, 0.05) is 6.54 Å². The third-order valence-electron chi connectivity index (χ3n) is 4.85. The predicted molar refractivity (Wildman–Crippen MR) is 93.1 cm³/mol. The van der Waals surface area contributed by atoms with E-state index in [4.69, 9.17) is 9.47 Å². The number of nitriles is 1. The number of fused-ring (bicyclic) bond motifs is 1. The minimum absolute atomic E-state index is 0.0910. The van der Waals surface area contributed by atoms with Crippen LogP contribution in [0.4, 0.5) is 0 Å². The summed E-state index contributed by atoms with van der Waals surface area (Å²) in [5.41, 5.74) is 0.372. The standard InChI is InChI=1S/C19H25N3O3/c1-22(11-15-6-7-16-17(10-15)25-14-24-16)12-18(23)21-19(13-20)8-4-2-3-5-9-19/h6-7,10H,2-5,8-9,11-12,14H2,1H3,(H,21,23). The lowest BCUT2D eigenvalue weighted by Gasteiger charge is -2.27. The summed E-state index contributed by atoms with van der Waals surface area (Å²) in [6.07, 6.45) is 5.79. The molecule has 1 aromatic carbocycles. The van der Waals surface area contributed by atoms with Crippen molar-refractivity contribution in [3.05, 3.63) is 23.8 Å². The number of nitrogens with zero attached hydrogens (tertiary/aromatic N) is 2. The van der Waals surface area contributed by atoms with Gasteiger partial charge in [0.25, 0.3) is 0 Å². The Morgan fingerprint density at radius 3 is 2.68 bits per heavy atom. The first-order chi connectivity index (χ1) is 12.1. The molecule has 1 aliphatic carbocycles. The average molecular weight is 343 g/mol. The van der Waals surface area contributed by atoms with Crippen molar-refractivity contribution < 1.29 is 14.3 Å².